The fraction of sp³-hybridized carbons (Fsp3) is 0.938. The largest absolute Gasteiger partial charge is 0.461 e. The van der Waals surface area contributed by atoms with E-state index in [4.69, 9.17) is 10.5 Å². The van der Waals surface area contributed by atoms with Crippen molar-refractivity contribution < 1.29 is 9.53 Å². The van der Waals surface area contributed by atoms with E-state index in [2.05, 4.69) is 27.7 Å². The smallest absolute Gasteiger partial charge is 0.323 e. The van der Waals surface area contributed by atoms with Crippen molar-refractivity contribution >= 4 is 5.97 Å². The Morgan fingerprint density at radius 2 is 2.05 bits per heavy atom. The van der Waals surface area contributed by atoms with Crippen LogP contribution >= 0.6 is 0 Å². The summed E-state index contributed by atoms with van der Waals surface area (Å²) in [5, 5.41) is 0. The molecule has 112 valence electrons. The second-order valence-corrected chi connectivity index (χ2v) is 6.55. The Morgan fingerprint density at radius 3 is 2.63 bits per heavy atom. The van der Waals surface area contributed by atoms with Crippen LogP contribution in [0.1, 0.15) is 66.2 Å². The zero-order valence-corrected chi connectivity index (χ0v) is 13.0. The molecule has 3 unspecified atom stereocenters. The molecule has 0 aromatic carbocycles. The molecule has 2 N–H and O–H groups in total. The topological polar surface area (TPSA) is 52.3 Å². The molecule has 0 spiro atoms. The van der Waals surface area contributed by atoms with Gasteiger partial charge in [-0.05, 0) is 37.0 Å². The van der Waals surface area contributed by atoms with Gasteiger partial charge < -0.3 is 10.5 Å². The monoisotopic (exact) mass is 269 g/mol. The zero-order valence-electron chi connectivity index (χ0n) is 13.0. The molecule has 0 saturated heterocycles. The number of esters is 1. The third-order valence-corrected chi connectivity index (χ3v) is 4.40. The Morgan fingerprint density at radius 1 is 1.37 bits per heavy atom. The van der Waals surface area contributed by atoms with Crippen molar-refractivity contribution in [1.29, 1.82) is 0 Å². The number of hydrogen-bond donors (Lipinski definition) is 1. The first-order chi connectivity index (χ1) is 8.95. The zero-order chi connectivity index (χ0) is 14.4. The lowest BCUT2D eigenvalue weighted by Gasteiger charge is -2.37. The average Bonchev–Trinajstić information content (AvgIpc) is 2.35. The van der Waals surface area contributed by atoms with Gasteiger partial charge in [0.2, 0.25) is 0 Å². The fourth-order valence-electron chi connectivity index (χ4n) is 3.03. The van der Waals surface area contributed by atoms with E-state index in [9.17, 15) is 4.79 Å². The van der Waals surface area contributed by atoms with Crippen molar-refractivity contribution in [1.82, 2.24) is 0 Å². The summed E-state index contributed by atoms with van der Waals surface area (Å²) in [5.41, 5.74) is 5.90. The minimum absolute atomic E-state index is 0.0731. The van der Waals surface area contributed by atoms with Gasteiger partial charge in [-0.2, -0.15) is 0 Å². The lowest BCUT2D eigenvalue weighted by Crippen LogP contribution is -2.41. The molecule has 19 heavy (non-hydrogen) atoms. The van der Waals surface area contributed by atoms with Gasteiger partial charge in [-0.25, -0.2) is 0 Å². The van der Waals surface area contributed by atoms with E-state index >= 15 is 0 Å². The molecule has 4 atom stereocenters. The van der Waals surface area contributed by atoms with Gasteiger partial charge in [-0.3, -0.25) is 4.79 Å². The molecule has 0 aliphatic heterocycles. The molecular weight excluding hydrogens is 238 g/mol. The summed E-state index contributed by atoms with van der Waals surface area (Å²) >= 11 is 0. The Labute approximate surface area is 118 Å². The standard InChI is InChI=1S/C16H31NO2/c1-5-6-7-14(17)16(18)19-15-10-12(4)8-9-13(15)11(2)3/h11-15H,5-10,17H2,1-4H3/t12?,13?,14-,15?/m0/s1. The van der Waals surface area contributed by atoms with Crippen LogP contribution in [0.25, 0.3) is 0 Å². The number of carbonyl (C=O) groups is 1. The average molecular weight is 269 g/mol. The summed E-state index contributed by atoms with van der Waals surface area (Å²) < 4.78 is 5.73. The highest BCUT2D eigenvalue weighted by Gasteiger charge is 2.34. The molecule has 1 aliphatic rings. The Balaban J connectivity index is 2.53. The Kier molecular flexibility index (Phi) is 6.84. The molecular formula is C16H31NO2. The minimum atomic E-state index is -0.440. The predicted octanol–water partition coefficient (Wildman–Crippen LogP) is 3.51. The van der Waals surface area contributed by atoms with Gasteiger partial charge >= 0.3 is 5.97 Å². The molecule has 0 aromatic rings. The van der Waals surface area contributed by atoms with Gasteiger partial charge in [0.1, 0.15) is 12.1 Å². The van der Waals surface area contributed by atoms with E-state index < -0.39 is 6.04 Å². The van der Waals surface area contributed by atoms with E-state index in [1.165, 1.54) is 12.8 Å². The lowest BCUT2D eigenvalue weighted by atomic mass is 9.75. The number of unbranched alkanes of at least 4 members (excludes halogenated alkanes) is 1. The van der Waals surface area contributed by atoms with Crippen molar-refractivity contribution in [3.63, 3.8) is 0 Å². The lowest BCUT2D eigenvalue weighted by molar-refractivity contribution is -0.157. The molecule has 0 bridgehead atoms. The molecule has 1 saturated carbocycles. The van der Waals surface area contributed by atoms with Crippen LogP contribution in [0.4, 0.5) is 0 Å². The fourth-order valence-corrected chi connectivity index (χ4v) is 3.03. The number of carbonyl (C=O) groups excluding carboxylic acids is 1. The summed E-state index contributed by atoms with van der Waals surface area (Å²) in [7, 11) is 0. The summed E-state index contributed by atoms with van der Waals surface area (Å²) in [6.45, 7) is 8.79. The van der Waals surface area contributed by atoms with Crippen molar-refractivity contribution in [2.45, 2.75) is 78.4 Å². The Bertz CT molecular complexity index is 278. The highest BCUT2D eigenvalue weighted by Crippen LogP contribution is 2.35. The first-order valence-electron chi connectivity index (χ1n) is 7.91. The number of rotatable bonds is 6. The van der Waals surface area contributed by atoms with E-state index in [-0.39, 0.29) is 12.1 Å². The van der Waals surface area contributed by atoms with Crippen LogP contribution in [-0.4, -0.2) is 18.1 Å². The van der Waals surface area contributed by atoms with Crippen LogP contribution in [0.15, 0.2) is 0 Å². The van der Waals surface area contributed by atoms with E-state index in [0.717, 1.165) is 25.7 Å². The summed E-state index contributed by atoms with van der Waals surface area (Å²) in [5.74, 6) is 1.52. The summed E-state index contributed by atoms with van der Waals surface area (Å²) in [6.07, 6.45) is 6.28. The second kappa shape index (κ2) is 7.88. The van der Waals surface area contributed by atoms with Crippen LogP contribution < -0.4 is 5.73 Å². The van der Waals surface area contributed by atoms with Crippen LogP contribution in [-0.2, 0) is 9.53 Å². The maximum atomic E-state index is 12.0. The van der Waals surface area contributed by atoms with Gasteiger partial charge in [0.05, 0.1) is 0 Å². The van der Waals surface area contributed by atoms with Crippen LogP contribution in [0, 0.1) is 17.8 Å². The molecule has 1 rings (SSSR count). The van der Waals surface area contributed by atoms with E-state index in [1.54, 1.807) is 0 Å². The molecule has 3 heteroatoms. The summed E-state index contributed by atoms with van der Waals surface area (Å²) in [6, 6.07) is -0.440. The maximum absolute atomic E-state index is 12.0. The second-order valence-electron chi connectivity index (χ2n) is 6.55. The molecule has 0 heterocycles. The molecule has 0 radical (unpaired) electrons. The minimum Gasteiger partial charge on any atom is -0.461 e. The van der Waals surface area contributed by atoms with Crippen molar-refractivity contribution in [3.05, 3.63) is 0 Å². The predicted molar refractivity (Wildman–Crippen MR) is 78.7 cm³/mol. The molecule has 0 aromatic heterocycles. The number of nitrogens with two attached hydrogens (primary N) is 1. The van der Waals surface area contributed by atoms with Crippen LogP contribution in [0.2, 0.25) is 0 Å². The highest BCUT2D eigenvalue weighted by molar-refractivity contribution is 5.75. The first-order valence-corrected chi connectivity index (χ1v) is 7.91. The van der Waals surface area contributed by atoms with Crippen LogP contribution in [0.5, 0.6) is 0 Å². The van der Waals surface area contributed by atoms with Crippen molar-refractivity contribution in [2.24, 2.45) is 23.5 Å². The van der Waals surface area contributed by atoms with Crippen molar-refractivity contribution in [3.8, 4) is 0 Å². The van der Waals surface area contributed by atoms with Gasteiger partial charge in [0, 0.05) is 0 Å². The van der Waals surface area contributed by atoms with Gasteiger partial charge in [-0.15, -0.1) is 0 Å². The molecule has 1 fully saturated rings. The normalized spacial score (nSPS) is 29.3. The third kappa shape index (κ3) is 5.13. The van der Waals surface area contributed by atoms with Gasteiger partial charge in [-0.1, -0.05) is 47.0 Å². The third-order valence-electron chi connectivity index (χ3n) is 4.40. The number of hydrogen-bond acceptors (Lipinski definition) is 3. The summed E-state index contributed by atoms with van der Waals surface area (Å²) in [4.78, 5) is 12.0. The van der Waals surface area contributed by atoms with E-state index in [0.29, 0.717) is 17.8 Å². The quantitative estimate of drug-likeness (QED) is 0.751. The highest BCUT2D eigenvalue weighted by atomic mass is 16.5. The van der Waals surface area contributed by atoms with Gasteiger partial charge in [0.15, 0.2) is 0 Å². The number of ether oxygens (including phenoxy) is 1. The van der Waals surface area contributed by atoms with Gasteiger partial charge in [0.25, 0.3) is 0 Å². The van der Waals surface area contributed by atoms with Crippen molar-refractivity contribution in [2.75, 3.05) is 0 Å². The molecule has 0 amide bonds. The maximum Gasteiger partial charge on any atom is 0.323 e. The Hall–Kier alpha value is -0.570. The molecule has 1 aliphatic carbocycles. The first kappa shape index (κ1) is 16.5. The SMILES string of the molecule is CCCC[C@H](N)C(=O)OC1CC(C)CCC1C(C)C. The van der Waals surface area contributed by atoms with Crippen LogP contribution in [0.3, 0.4) is 0 Å². The molecule has 3 nitrogen and oxygen atoms in total. The van der Waals surface area contributed by atoms with E-state index in [1.807, 2.05) is 0 Å².